The number of aryl methyl sites for hydroxylation is 2. The molecule has 5 nitrogen and oxygen atoms in total. The fourth-order valence-corrected chi connectivity index (χ4v) is 4.95. The highest BCUT2D eigenvalue weighted by Gasteiger charge is 2.27. The quantitative estimate of drug-likeness (QED) is 0.436. The van der Waals surface area contributed by atoms with Crippen LogP contribution in [-0.2, 0) is 17.9 Å². The van der Waals surface area contributed by atoms with E-state index in [-0.39, 0.29) is 11.8 Å². The first-order valence-corrected chi connectivity index (χ1v) is 12.2. The molecule has 0 radical (unpaired) electrons. The van der Waals surface area contributed by atoms with E-state index in [4.69, 9.17) is 4.98 Å². The summed E-state index contributed by atoms with van der Waals surface area (Å²) in [5.74, 6) is 1.21. The van der Waals surface area contributed by atoms with Crippen LogP contribution in [-0.4, -0.2) is 28.5 Å². The number of benzene rings is 3. The van der Waals surface area contributed by atoms with Gasteiger partial charge in [0.2, 0.25) is 11.9 Å². The van der Waals surface area contributed by atoms with Crippen molar-refractivity contribution in [3.8, 4) is 0 Å². The van der Waals surface area contributed by atoms with Gasteiger partial charge in [-0.15, -0.1) is 0 Å². The Morgan fingerprint density at radius 1 is 0.912 bits per heavy atom. The second-order valence-electron chi connectivity index (χ2n) is 9.44. The van der Waals surface area contributed by atoms with Crippen molar-refractivity contribution in [3.05, 3.63) is 95.1 Å². The Labute approximate surface area is 201 Å². The van der Waals surface area contributed by atoms with E-state index in [1.807, 2.05) is 12.1 Å². The van der Waals surface area contributed by atoms with Gasteiger partial charge in [0, 0.05) is 25.6 Å². The van der Waals surface area contributed by atoms with Gasteiger partial charge in [-0.3, -0.25) is 4.79 Å². The Kier molecular flexibility index (Phi) is 6.35. The number of imidazole rings is 1. The third kappa shape index (κ3) is 4.84. The summed E-state index contributed by atoms with van der Waals surface area (Å²) in [6.07, 6.45) is 1.68. The van der Waals surface area contributed by atoms with E-state index in [2.05, 4.69) is 89.3 Å². The highest BCUT2D eigenvalue weighted by molar-refractivity contribution is 5.80. The molecule has 1 N–H and O–H groups in total. The summed E-state index contributed by atoms with van der Waals surface area (Å²) < 4.78 is 2.32. The van der Waals surface area contributed by atoms with Crippen molar-refractivity contribution < 1.29 is 4.79 Å². The number of anilines is 1. The van der Waals surface area contributed by atoms with Crippen molar-refractivity contribution >= 4 is 22.9 Å². The lowest BCUT2D eigenvalue weighted by molar-refractivity contribution is -0.125. The van der Waals surface area contributed by atoms with Gasteiger partial charge in [-0.05, 0) is 49.9 Å². The van der Waals surface area contributed by atoms with Gasteiger partial charge in [0.25, 0.3) is 0 Å². The summed E-state index contributed by atoms with van der Waals surface area (Å²) in [4.78, 5) is 20.2. The zero-order valence-corrected chi connectivity index (χ0v) is 20.0. The highest BCUT2D eigenvalue weighted by Crippen LogP contribution is 2.28. The van der Waals surface area contributed by atoms with Crippen molar-refractivity contribution in [3.63, 3.8) is 0 Å². The number of carbonyl (C=O) groups excluding carboxylic acids is 1. The number of aromatic nitrogens is 2. The third-order valence-electron chi connectivity index (χ3n) is 6.76. The Hall–Kier alpha value is -3.60. The number of para-hydroxylation sites is 2. The fraction of sp³-hybridized carbons (Fsp3) is 0.310. The number of hydrogen-bond donors (Lipinski definition) is 1. The molecule has 3 aromatic carbocycles. The molecule has 5 rings (SSSR count). The van der Waals surface area contributed by atoms with Crippen molar-refractivity contribution in [1.82, 2.24) is 14.9 Å². The monoisotopic (exact) mass is 452 g/mol. The molecular formula is C29H32N4O. The maximum absolute atomic E-state index is 12.8. The molecule has 0 bridgehead atoms. The minimum absolute atomic E-state index is 0.0515. The molecule has 1 fully saturated rings. The first kappa shape index (κ1) is 22.2. The van der Waals surface area contributed by atoms with Gasteiger partial charge in [0.1, 0.15) is 0 Å². The van der Waals surface area contributed by atoms with Crippen LogP contribution in [0.3, 0.4) is 0 Å². The molecule has 2 heterocycles. The fourth-order valence-electron chi connectivity index (χ4n) is 4.95. The molecule has 0 atom stereocenters. The molecule has 0 spiro atoms. The molecule has 0 unspecified atom stereocenters. The Balaban J connectivity index is 1.28. The summed E-state index contributed by atoms with van der Waals surface area (Å²) in [6.45, 7) is 7.25. The molecule has 0 saturated carbocycles. The molecule has 1 saturated heterocycles. The molecule has 1 aliphatic heterocycles. The molecule has 34 heavy (non-hydrogen) atoms. The van der Waals surface area contributed by atoms with Gasteiger partial charge in [0.15, 0.2) is 0 Å². The number of nitrogens with one attached hydrogen (secondary N) is 1. The van der Waals surface area contributed by atoms with E-state index in [1.165, 1.54) is 16.7 Å². The van der Waals surface area contributed by atoms with E-state index in [9.17, 15) is 4.79 Å². The Morgan fingerprint density at radius 3 is 2.32 bits per heavy atom. The van der Waals surface area contributed by atoms with Crippen LogP contribution < -0.4 is 10.2 Å². The van der Waals surface area contributed by atoms with Crippen LogP contribution in [0.25, 0.3) is 11.0 Å². The number of nitrogens with zero attached hydrogens (tertiary/aromatic N) is 3. The van der Waals surface area contributed by atoms with Gasteiger partial charge >= 0.3 is 0 Å². The molecule has 5 heteroatoms. The second-order valence-corrected chi connectivity index (χ2v) is 9.44. The van der Waals surface area contributed by atoms with Crippen molar-refractivity contribution in [2.24, 2.45) is 5.92 Å². The zero-order valence-electron chi connectivity index (χ0n) is 20.0. The lowest BCUT2D eigenvalue weighted by atomic mass is 9.96. The van der Waals surface area contributed by atoms with Gasteiger partial charge in [-0.1, -0.05) is 71.8 Å². The molecule has 0 aliphatic carbocycles. The van der Waals surface area contributed by atoms with Gasteiger partial charge < -0.3 is 14.8 Å². The van der Waals surface area contributed by atoms with Crippen LogP contribution in [0, 0.1) is 19.8 Å². The number of fused-ring (bicyclic) bond motifs is 1. The SMILES string of the molecule is Cc1cccc(CNC(=O)C2CCN(c3nc4ccccc4n3Cc3cccc(C)c3)CC2)c1. The minimum atomic E-state index is 0.0515. The van der Waals surface area contributed by atoms with E-state index < -0.39 is 0 Å². The standard InChI is InChI=1S/C29H32N4O/c1-21-7-5-9-23(17-21)19-30-28(34)25-13-15-32(16-14-25)29-31-26-11-3-4-12-27(26)33(29)20-24-10-6-8-22(2)18-24/h3-12,17-18,25H,13-16,19-20H2,1-2H3,(H,30,34). The van der Waals surface area contributed by atoms with Crippen molar-refractivity contribution in [2.75, 3.05) is 18.0 Å². The lowest BCUT2D eigenvalue weighted by Crippen LogP contribution is -2.41. The van der Waals surface area contributed by atoms with E-state index in [0.29, 0.717) is 6.54 Å². The Bertz CT molecular complexity index is 1300. The van der Waals surface area contributed by atoms with Crippen LogP contribution in [0.4, 0.5) is 5.95 Å². The maximum atomic E-state index is 12.8. The summed E-state index contributed by atoms with van der Waals surface area (Å²) in [6, 6.07) is 25.3. The zero-order chi connectivity index (χ0) is 23.5. The topological polar surface area (TPSA) is 50.2 Å². The summed E-state index contributed by atoms with van der Waals surface area (Å²) in [5, 5.41) is 3.14. The predicted molar refractivity (Wildman–Crippen MR) is 138 cm³/mol. The van der Waals surface area contributed by atoms with Crippen LogP contribution >= 0.6 is 0 Å². The highest BCUT2D eigenvalue weighted by atomic mass is 16.1. The van der Waals surface area contributed by atoms with E-state index in [1.54, 1.807) is 0 Å². The van der Waals surface area contributed by atoms with Gasteiger partial charge in [-0.25, -0.2) is 4.98 Å². The van der Waals surface area contributed by atoms with Crippen molar-refractivity contribution in [2.45, 2.75) is 39.8 Å². The molecule has 4 aromatic rings. The first-order chi connectivity index (χ1) is 16.6. The Morgan fingerprint density at radius 2 is 1.59 bits per heavy atom. The summed E-state index contributed by atoms with van der Waals surface area (Å²) in [5.41, 5.74) is 7.07. The van der Waals surface area contributed by atoms with E-state index >= 15 is 0 Å². The molecule has 1 aromatic heterocycles. The summed E-state index contributed by atoms with van der Waals surface area (Å²) >= 11 is 0. The number of hydrogen-bond acceptors (Lipinski definition) is 3. The number of carbonyl (C=O) groups is 1. The average Bonchev–Trinajstić information content (AvgIpc) is 3.21. The van der Waals surface area contributed by atoms with Crippen LogP contribution in [0.5, 0.6) is 0 Å². The van der Waals surface area contributed by atoms with Crippen LogP contribution in [0.1, 0.15) is 35.1 Å². The molecule has 174 valence electrons. The summed E-state index contributed by atoms with van der Waals surface area (Å²) in [7, 11) is 0. The predicted octanol–water partition coefficient (Wildman–Crippen LogP) is 5.23. The third-order valence-corrected chi connectivity index (χ3v) is 6.76. The molecule has 1 amide bonds. The molecular weight excluding hydrogens is 420 g/mol. The lowest BCUT2D eigenvalue weighted by Gasteiger charge is -2.32. The first-order valence-electron chi connectivity index (χ1n) is 12.2. The normalized spacial score (nSPS) is 14.5. The minimum Gasteiger partial charge on any atom is -0.352 e. The van der Waals surface area contributed by atoms with Gasteiger partial charge in [0.05, 0.1) is 17.6 Å². The smallest absolute Gasteiger partial charge is 0.223 e. The van der Waals surface area contributed by atoms with E-state index in [0.717, 1.165) is 55.0 Å². The van der Waals surface area contributed by atoms with Gasteiger partial charge in [-0.2, -0.15) is 0 Å². The molecule has 1 aliphatic rings. The number of amides is 1. The second kappa shape index (κ2) is 9.72. The maximum Gasteiger partial charge on any atom is 0.223 e. The van der Waals surface area contributed by atoms with Crippen LogP contribution in [0.15, 0.2) is 72.8 Å². The van der Waals surface area contributed by atoms with Crippen molar-refractivity contribution in [1.29, 1.82) is 0 Å². The average molecular weight is 453 g/mol. The number of rotatable bonds is 6. The van der Waals surface area contributed by atoms with Crippen LogP contribution in [0.2, 0.25) is 0 Å². The number of piperidine rings is 1. The largest absolute Gasteiger partial charge is 0.352 e.